The van der Waals surface area contributed by atoms with E-state index in [2.05, 4.69) is 21.4 Å². The average Bonchev–Trinajstić information content (AvgIpc) is 2.64. The number of hydrogen-bond donors (Lipinski definition) is 1. The molecule has 0 amide bonds. The van der Waals surface area contributed by atoms with Gasteiger partial charge in [0.2, 0.25) is 5.78 Å². The van der Waals surface area contributed by atoms with E-state index in [1.807, 2.05) is 4.57 Å². The number of unbranched alkanes of at least 4 members (excludes halogenated alkanes) is 2. The van der Waals surface area contributed by atoms with Crippen molar-refractivity contribution in [3.05, 3.63) is 12.0 Å². The van der Waals surface area contributed by atoms with Gasteiger partial charge in [-0.15, -0.1) is 0 Å². The lowest BCUT2D eigenvalue weighted by atomic mass is 10.2. The molecule has 0 bridgehead atoms. The van der Waals surface area contributed by atoms with E-state index in [0.717, 1.165) is 19.4 Å². The molecule has 17 heavy (non-hydrogen) atoms. The zero-order chi connectivity index (χ0) is 12.1. The van der Waals surface area contributed by atoms with E-state index in [9.17, 15) is 4.79 Å². The summed E-state index contributed by atoms with van der Waals surface area (Å²) in [7, 11) is 0. The maximum Gasteiger partial charge on any atom is 0.206 e. The number of rotatable bonds is 4. The minimum Gasteiger partial charge on any atom is -0.331 e. The molecule has 1 N–H and O–H groups in total. The number of aryl methyl sites for hydroxylation is 1. The van der Waals surface area contributed by atoms with Crippen molar-refractivity contribution >= 4 is 17.9 Å². The second-order valence-corrected chi connectivity index (χ2v) is 3.79. The molecule has 0 spiro atoms. The summed E-state index contributed by atoms with van der Waals surface area (Å²) in [6.07, 6.45) is 5.48. The van der Waals surface area contributed by atoms with Crippen molar-refractivity contribution in [2.24, 2.45) is 4.99 Å². The van der Waals surface area contributed by atoms with E-state index in [1.54, 1.807) is 6.33 Å². The fourth-order valence-electron chi connectivity index (χ4n) is 1.70. The van der Waals surface area contributed by atoms with Gasteiger partial charge in [0, 0.05) is 13.0 Å². The molecule has 2 rings (SSSR count). The predicted molar refractivity (Wildman–Crippen MR) is 63.0 cm³/mol. The Labute approximate surface area is 99.0 Å². The summed E-state index contributed by atoms with van der Waals surface area (Å²) in [5, 5.41) is 11.4. The molecule has 0 saturated heterocycles. The van der Waals surface area contributed by atoms with Crippen molar-refractivity contribution in [3.8, 4) is 6.07 Å². The van der Waals surface area contributed by atoms with Crippen LogP contribution in [-0.2, 0) is 6.54 Å². The third-order valence-corrected chi connectivity index (χ3v) is 2.57. The molecular weight excluding hydrogens is 218 g/mol. The minimum atomic E-state index is -0.0722. The van der Waals surface area contributed by atoms with Crippen molar-refractivity contribution in [1.29, 1.82) is 5.26 Å². The van der Waals surface area contributed by atoms with E-state index in [-0.39, 0.29) is 12.3 Å². The van der Waals surface area contributed by atoms with Gasteiger partial charge in [-0.1, -0.05) is 0 Å². The highest BCUT2D eigenvalue weighted by Crippen LogP contribution is 2.17. The van der Waals surface area contributed by atoms with Crippen LogP contribution in [0.4, 0.5) is 5.82 Å². The monoisotopic (exact) mass is 231 g/mol. The number of hydrogen-bond acceptors (Lipinski definition) is 5. The third kappa shape index (κ3) is 2.50. The van der Waals surface area contributed by atoms with Crippen LogP contribution in [0.15, 0.2) is 11.3 Å². The molecule has 0 aliphatic carbocycles. The van der Waals surface area contributed by atoms with Crippen molar-refractivity contribution < 1.29 is 4.79 Å². The number of fused-ring (bicyclic) bond motifs is 1. The first-order valence-corrected chi connectivity index (χ1v) is 5.53. The van der Waals surface area contributed by atoms with Crippen molar-refractivity contribution in [3.63, 3.8) is 0 Å². The number of nitrogens with one attached hydrogen (secondary N) is 1. The molecule has 0 unspecified atom stereocenters. The number of Topliss-reactive ketones (excluding diaryl/α,β-unsaturated/α-hetero) is 1. The lowest BCUT2D eigenvalue weighted by molar-refractivity contribution is 0.0999. The van der Waals surface area contributed by atoms with Crippen LogP contribution in [0.3, 0.4) is 0 Å². The van der Waals surface area contributed by atoms with Crippen LogP contribution in [0.25, 0.3) is 0 Å². The SMILES string of the molecule is N#CCCCCn1cnc2c1NC=NCC2=O. The standard InChI is InChI=1S/C11H13N5O/c12-4-2-1-3-5-16-8-15-10-9(17)6-13-7-14-11(10)16/h7-8H,1-3,5-6H2,(H,13,14). The number of aliphatic imine (C=N–C) groups is 1. The summed E-state index contributed by atoms with van der Waals surface area (Å²) in [5.41, 5.74) is 0.447. The molecule has 0 atom stereocenters. The molecule has 1 aliphatic rings. The van der Waals surface area contributed by atoms with E-state index >= 15 is 0 Å². The number of aromatic nitrogens is 2. The zero-order valence-electron chi connectivity index (χ0n) is 9.39. The normalized spacial score (nSPS) is 13.7. The molecule has 0 fully saturated rings. The van der Waals surface area contributed by atoms with Gasteiger partial charge in [-0.3, -0.25) is 9.79 Å². The van der Waals surface area contributed by atoms with Gasteiger partial charge in [0.15, 0.2) is 5.69 Å². The molecule has 6 nitrogen and oxygen atoms in total. The molecule has 2 heterocycles. The van der Waals surface area contributed by atoms with Gasteiger partial charge in [-0.2, -0.15) is 5.26 Å². The summed E-state index contributed by atoms with van der Waals surface area (Å²) in [4.78, 5) is 19.6. The fraction of sp³-hybridized carbons (Fsp3) is 0.455. The Hall–Kier alpha value is -2.16. The van der Waals surface area contributed by atoms with E-state index in [1.165, 1.54) is 6.34 Å². The minimum absolute atomic E-state index is 0.0722. The van der Waals surface area contributed by atoms with Gasteiger partial charge >= 0.3 is 0 Å². The molecule has 0 radical (unpaired) electrons. The van der Waals surface area contributed by atoms with Gasteiger partial charge < -0.3 is 9.88 Å². The number of carbonyl (C=O) groups excluding carboxylic acids is 1. The van der Waals surface area contributed by atoms with Crippen LogP contribution in [0.1, 0.15) is 29.8 Å². The summed E-state index contributed by atoms with van der Waals surface area (Å²) >= 11 is 0. The Morgan fingerprint density at radius 1 is 1.53 bits per heavy atom. The summed E-state index contributed by atoms with van der Waals surface area (Å²) in [6.45, 7) is 0.892. The second-order valence-electron chi connectivity index (χ2n) is 3.79. The van der Waals surface area contributed by atoms with Crippen LogP contribution in [0.5, 0.6) is 0 Å². The largest absolute Gasteiger partial charge is 0.331 e. The number of carbonyl (C=O) groups is 1. The topological polar surface area (TPSA) is 83.1 Å². The third-order valence-electron chi connectivity index (χ3n) is 2.57. The molecule has 1 aliphatic heterocycles. The predicted octanol–water partition coefficient (Wildman–Crippen LogP) is 1.21. The zero-order valence-corrected chi connectivity index (χ0v) is 9.39. The van der Waals surface area contributed by atoms with Gasteiger partial charge in [0.05, 0.1) is 18.7 Å². The average molecular weight is 231 g/mol. The molecule has 88 valence electrons. The highest BCUT2D eigenvalue weighted by atomic mass is 16.1. The highest BCUT2D eigenvalue weighted by molar-refractivity contribution is 6.03. The number of nitriles is 1. The lowest BCUT2D eigenvalue weighted by Crippen LogP contribution is -2.07. The van der Waals surface area contributed by atoms with Gasteiger partial charge in [-0.05, 0) is 12.8 Å². The lowest BCUT2D eigenvalue weighted by Gasteiger charge is -2.06. The number of nitrogens with zero attached hydrogens (tertiary/aromatic N) is 4. The van der Waals surface area contributed by atoms with Crippen LogP contribution in [0.2, 0.25) is 0 Å². The van der Waals surface area contributed by atoms with Crippen molar-refractivity contribution in [2.45, 2.75) is 25.8 Å². The Morgan fingerprint density at radius 2 is 2.41 bits per heavy atom. The van der Waals surface area contributed by atoms with Crippen molar-refractivity contribution in [1.82, 2.24) is 9.55 Å². The first kappa shape index (κ1) is 11.3. The Balaban J connectivity index is 2.07. The first-order valence-electron chi connectivity index (χ1n) is 5.53. The number of imidazole rings is 1. The Kier molecular flexibility index (Phi) is 3.50. The van der Waals surface area contributed by atoms with Crippen LogP contribution >= 0.6 is 0 Å². The van der Waals surface area contributed by atoms with Gasteiger partial charge in [-0.25, -0.2) is 4.98 Å². The molecule has 1 aromatic rings. The van der Waals surface area contributed by atoms with Crippen molar-refractivity contribution in [2.75, 3.05) is 11.9 Å². The second kappa shape index (κ2) is 5.25. The van der Waals surface area contributed by atoms with E-state index in [0.29, 0.717) is 17.9 Å². The highest BCUT2D eigenvalue weighted by Gasteiger charge is 2.18. The van der Waals surface area contributed by atoms with Gasteiger partial charge in [0.25, 0.3) is 0 Å². The smallest absolute Gasteiger partial charge is 0.206 e. The molecule has 0 aromatic carbocycles. The fourth-order valence-corrected chi connectivity index (χ4v) is 1.70. The van der Waals surface area contributed by atoms with Gasteiger partial charge in [0.1, 0.15) is 12.4 Å². The first-order chi connectivity index (χ1) is 8.33. The maximum absolute atomic E-state index is 11.6. The summed E-state index contributed by atoms with van der Waals surface area (Å²) in [5.74, 6) is 0.630. The number of ketones is 1. The van der Waals surface area contributed by atoms with Crippen LogP contribution < -0.4 is 5.32 Å². The molecule has 1 aromatic heterocycles. The quantitative estimate of drug-likeness (QED) is 0.789. The maximum atomic E-state index is 11.6. The molecular formula is C11H13N5O. The van der Waals surface area contributed by atoms with Crippen LogP contribution in [-0.4, -0.2) is 28.2 Å². The molecule has 6 heteroatoms. The van der Waals surface area contributed by atoms with E-state index < -0.39 is 0 Å². The Morgan fingerprint density at radius 3 is 3.24 bits per heavy atom. The number of anilines is 1. The summed E-state index contributed by atoms with van der Waals surface area (Å²) < 4.78 is 1.89. The summed E-state index contributed by atoms with van der Waals surface area (Å²) in [6, 6.07) is 2.11. The van der Waals surface area contributed by atoms with E-state index in [4.69, 9.17) is 5.26 Å². The Bertz CT molecular complexity index is 483. The molecule has 0 saturated carbocycles. The van der Waals surface area contributed by atoms with Crippen LogP contribution in [0, 0.1) is 11.3 Å².